The Kier molecular flexibility index (Phi) is 5.98. The Morgan fingerprint density at radius 1 is 1.32 bits per heavy atom. The number of benzene rings is 1. The number of carbonyl (C=O) groups is 2. The molecule has 2 aromatic rings. The van der Waals surface area contributed by atoms with Gasteiger partial charge in [-0.3, -0.25) is 9.59 Å². The molecule has 0 fully saturated rings. The maximum atomic E-state index is 12.3. The molecule has 1 amide bonds. The van der Waals surface area contributed by atoms with Crippen LogP contribution >= 0.6 is 15.9 Å². The molecule has 0 saturated carbocycles. The van der Waals surface area contributed by atoms with Gasteiger partial charge in [0.2, 0.25) is 5.09 Å². The molecule has 2 rings (SSSR count). The summed E-state index contributed by atoms with van der Waals surface area (Å²) in [5.41, 5.74) is 0.659. The number of hydrogen-bond donors (Lipinski definition) is 2. The number of primary sulfonamides is 1. The van der Waals surface area contributed by atoms with Crippen molar-refractivity contribution in [2.45, 2.75) is 17.6 Å². The summed E-state index contributed by atoms with van der Waals surface area (Å²) in [7, 11) is -2.81. The third-order valence-corrected chi connectivity index (χ3v) is 4.51. The number of esters is 1. The number of furan rings is 1. The standard InChI is InChI=1S/C15H15BrN2O6S/c1-23-13(19)8-11(9-3-2-4-10(16)7-9)18-15(20)12-5-6-14(24-12)25(17,21)22/h2-7,11H,8H2,1H3,(H,18,20)(H2,17,21,22)/t11-/m1/s1. The summed E-state index contributed by atoms with van der Waals surface area (Å²) in [6.07, 6.45) is -0.110. The van der Waals surface area contributed by atoms with E-state index < -0.39 is 33.0 Å². The molecule has 0 bridgehead atoms. The predicted octanol–water partition coefficient (Wildman–Crippen LogP) is 1.72. The molecule has 1 aromatic heterocycles. The molecule has 0 unspecified atom stereocenters. The van der Waals surface area contributed by atoms with Crippen LogP contribution in [0.3, 0.4) is 0 Å². The second-order valence-electron chi connectivity index (χ2n) is 5.03. The Morgan fingerprint density at radius 3 is 2.60 bits per heavy atom. The summed E-state index contributed by atoms with van der Waals surface area (Å²) >= 11 is 3.32. The molecule has 1 heterocycles. The predicted molar refractivity (Wildman–Crippen MR) is 91.1 cm³/mol. The number of amides is 1. The fraction of sp³-hybridized carbons (Fsp3) is 0.200. The van der Waals surface area contributed by atoms with E-state index in [-0.39, 0.29) is 12.2 Å². The van der Waals surface area contributed by atoms with Crippen LogP contribution in [0.25, 0.3) is 0 Å². The average Bonchev–Trinajstić information content (AvgIpc) is 3.04. The average molecular weight is 431 g/mol. The highest BCUT2D eigenvalue weighted by atomic mass is 79.9. The lowest BCUT2D eigenvalue weighted by molar-refractivity contribution is -0.141. The molecule has 10 heteroatoms. The number of ether oxygens (including phenoxy) is 1. The minimum Gasteiger partial charge on any atom is -0.469 e. The zero-order valence-corrected chi connectivity index (χ0v) is 15.5. The van der Waals surface area contributed by atoms with Crippen LogP contribution in [0, 0.1) is 0 Å². The first-order valence-electron chi connectivity index (χ1n) is 6.96. The number of carbonyl (C=O) groups excluding carboxylic acids is 2. The van der Waals surface area contributed by atoms with Crippen LogP contribution in [-0.4, -0.2) is 27.4 Å². The van der Waals surface area contributed by atoms with E-state index in [9.17, 15) is 18.0 Å². The van der Waals surface area contributed by atoms with Gasteiger partial charge in [0.25, 0.3) is 15.9 Å². The van der Waals surface area contributed by atoms with Crippen molar-refractivity contribution in [2.24, 2.45) is 5.14 Å². The van der Waals surface area contributed by atoms with Crippen molar-refractivity contribution < 1.29 is 27.2 Å². The summed E-state index contributed by atoms with van der Waals surface area (Å²) in [6.45, 7) is 0. The lowest BCUT2D eigenvalue weighted by atomic mass is 10.0. The maximum Gasteiger partial charge on any atom is 0.307 e. The van der Waals surface area contributed by atoms with Gasteiger partial charge in [-0.25, -0.2) is 13.6 Å². The van der Waals surface area contributed by atoms with E-state index >= 15 is 0 Å². The molecule has 1 atom stereocenters. The normalized spacial score (nSPS) is 12.4. The maximum absolute atomic E-state index is 12.3. The van der Waals surface area contributed by atoms with Crippen LogP contribution in [0.2, 0.25) is 0 Å². The van der Waals surface area contributed by atoms with Gasteiger partial charge in [-0.2, -0.15) is 0 Å². The molecule has 1 aromatic carbocycles. The summed E-state index contributed by atoms with van der Waals surface area (Å²) in [4.78, 5) is 23.9. The van der Waals surface area contributed by atoms with Crippen molar-refractivity contribution in [1.29, 1.82) is 0 Å². The first kappa shape index (κ1) is 19.2. The van der Waals surface area contributed by atoms with E-state index in [1.165, 1.54) is 13.2 Å². The highest BCUT2D eigenvalue weighted by Crippen LogP contribution is 2.22. The second-order valence-corrected chi connectivity index (χ2v) is 7.43. The van der Waals surface area contributed by atoms with Crippen molar-refractivity contribution in [3.8, 4) is 0 Å². The summed E-state index contributed by atoms with van der Waals surface area (Å²) in [6, 6.07) is 8.60. The number of rotatable bonds is 6. The van der Waals surface area contributed by atoms with E-state index in [4.69, 9.17) is 9.56 Å². The van der Waals surface area contributed by atoms with Gasteiger partial charge in [0.1, 0.15) is 0 Å². The molecule has 0 aliphatic rings. The monoisotopic (exact) mass is 430 g/mol. The van der Waals surface area contributed by atoms with Gasteiger partial charge in [-0.1, -0.05) is 28.1 Å². The first-order valence-corrected chi connectivity index (χ1v) is 9.30. The van der Waals surface area contributed by atoms with E-state index in [2.05, 4.69) is 26.0 Å². The minimum atomic E-state index is -4.05. The minimum absolute atomic E-state index is 0.110. The van der Waals surface area contributed by atoms with E-state index in [1.54, 1.807) is 24.3 Å². The van der Waals surface area contributed by atoms with Crippen LogP contribution in [-0.2, 0) is 19.6 Å². The van der Waals surface area contributed by atoms with Crippen molar-refractivity contribution in [3.05, 3.63) is 52.2 Å². The van der Waals surface area contributed by atoms with Gasteiger partial charge in [-0.15, -0.1) is 0 Å². The van der Waals surface area contributed by atoms with Crippen molar-refractivity contribution in [1.82, 2.24) is 5.32 Å². The number of nitrogens with two attached hydrogens (primary N) is 1. The van der Waals surface area contributed by atoms with E-state index in [0.717, 1.165) is 10.5 Å². The number of hydrogen-bond acceptors (Lipinski definition) is 6. The first-order chi connectivity index (χ1) is 11.7. The molecule has 0 saturated heterocycles. The number of methoxy groups -OCH3 is 1. The fourth-order valence-corrected chi connectivity index (χ4v) is 2.93. The summed E-state index contributed by atoms with van der Waals surface area (Å²) < 4.78 is 32.8. The molecule has 8 nitrogen and oxygen atoms in total. The quantitative estimate of drug-likeness (QED) is 0.671. The molecule has 25 heavy (non-hydrogen) atoms. The Morgan fingerprint density at radius 2 is 2.04 bits per heavy atom. The van der Waals surface area contributed by atoms with Crippen LogP contribution < -0.4 is 10.5 Å². The smallest absolute Gasteiger partial charge is 0.307 e. The van der Waals surface area contributed by atoms with Crippen LogP contribution in [0.4, 0.5) is 0 Å². The van der Waals surface area contributed by atoms with Crippen LogP contribution in [0.1, 0.15) is 28.6 Å². The molecule has 3 N–H and O–H groups in total. The zero-order valence-electron chi connectivity index (χ0n) is 13.1. The van der Waals surface area contributed by atoms with Gasteiger partial charge < -0.3 is 14.5 Å². The Bertz CT molecular complexity index is 893. The fourth-order valence-electron chi connectivity index (χ4n) is 2.05. The molecule has 0 aliphatic heterocycles. The second kappa shape index (κ2) is 7.81. The lowest BCUT2D eigenvalue weighted by Crippen LogP contribution is -2.30. The number of halogens is 1. The van der Waals surface area contributed by atoms with E-state index in [1.807, 2.05) is 0 Å². The number of sulfonamides is 1. The molecule has 0 spiro atoms. The molecular formula is C15H15BrN2O6S. The SMILES string of the molecule is COC(=O)C[C@@H](NC(=O)c1ccc(S(N)(=O)=O)o1)c1cccc(Br)c1. The van der Waals surface area contributed by atoms with Crippen LogP contribution in [0.5, 0.6) is 0 Å². The Balaban J connectivity index is 2.25. The van der Waals surface area contributed by atoms with Gasteiger partial charge in [-0.05, 0) is 29.8 Å². The largest absolute Gasteiger partial charge is 0.469 e. The van der Waals surface area contributed by atoms with Crippen molar-refractivity contribution in [3.63, 3.8) is 0 Å². The number of nitrogens with one attached hydrogen (secondary N) is 1. The third-order valence-electron chi connectivity index (χ3n) is 3.24. The van der Waals surface area contributed by atoms with Crippen molar-refractivity contribution in [2.75, 3.05) is 7.11 Å². The summed E-state index contributed by atoms with van der Waals surface area (Å²) in [5, 5.41) is 7.04. The zero-order chi connectivity index (χ0) is 18.6. The molecule has 0 aliphatic carbocycles. The van der Waals surface area contributed by atoms with Gasteiger partial charge in [0.05, 0.1) is 19.6 Å². The molecular weight excluding hydrogens is 416 g/mol. The topological polar surface area (TPSA) is 129 Å². The van der Waals surface area contributed by atoms with Crippen molar-refractivity contribution >= 4 is 37.8 Å². The summed E-state index contributed by atoms with van der Waals surface area (Å²) in [5.74, 6) is -1.45. The van der Waals surface area contributed by atoms with Gasteiger partial charge in [0.15, 0.2) is 5.76 Å². The van der Waals surface area contributed by atoms with Gasteiger partial charge in [0, 0.05) is 4.47 Å². The third kappa shape index (κ3) is 5.15. The highest BCUT2D eigenvalue weighted by molar-refractivity contribution is 9.10. The Hall–Kier alpha value is -2.17. The molecule has 134 valence electrons. The van der Waals surface area contributed by atoms with E-state index in [0.29, 0.717) is 5.56 Å². The highest BCUT2D eigenvalue weighted by Gasteiger charge is 2.23. The molecule has 0 radical (unpaired) electrons. The van der Waals surface area contributed by atoms with Crippen LogP contribution in [0.15, 0.2) is 50.4 Å². The van der Waals surface area contributed by atoms with Gasteiger partial charge >= 0.3 is 5.97 Å². The lowest BCUT2D eigenvalue weighted by Gasteiger charge is -2.17. The Labute approximate surface area is 152 Å².